The van der Waals surface area contributed by atoms with E-state index in [1.165, 1.54) is 0 Å². The molecule has 7 nitrogen and oxygen atoms in total. The van der Waals surface area contributed by atoms with Gasteiger partial charge in [-0.3, -0.25) is 9.59 Å². The molecule has 0 aliphatic carbocycles. The van der Waals surface area contributed by atoms with Crippen LogP contribution in [0, 0.1) is 0 Å². The van der Waals surface area contributed by atoms with Crippen LogP contribution in [0.1, 0.15) is 23.1 Å². The lowest BCUT2D eigenvalue weighted by Gasteiger charge is -2.21. The fraction of sp³-hybridized carbons (Fsp3) is 0.120. The van der Waals surface area contributed by atoms with Crippen molar-refractivity contribution < 1.29 is 9.21 Å². The van der Waals surface area contributed by atoms with Gasteiger partial charge in [0.15, 0.2) is 5.76 Å². The number of nitrogens with zero attached hydrogens (tertiary/aromatic N) is 3. The molecular formula is C25H20N4O3. The first-order valence-corrected chi connectivity index (χ1v) is 10.3. The van der Waals surface area contributed by atoms with Crippen molar-refractivity contribution in [3.05, 3.63) is 94.7 Å². The van der Waals surface area contributed by atoms with E-state index in [0.29, 0.717) is 45.8 Å². The first-order chi connectivity index (χ1) is 15.6. The number of hydrogen-bond donors (Lipinski definition) is 1. The molecule has 5 aromatic rings. The largest absolute Gasteiger partial charge is 0.463 e. The van der Waals surface area contributed by atoms with E-state index < -0.39 is 0 Å². The summed E-state index contributed by atoms with van der Waals surface area (Å²) in [6.07, 6.45) is 1.58. The predicted molar refractivity (Wildman–Crippen MR) is 122 cm³/mol. The van der Waals surface area contributed by atoms with Gasteiger partial charge in [0.05, 0.1) is 34.8 Å². The third kappa shape index (κ3) is 3.54. The van der Waals surface area contributed by atoms with Crippen molar-refractivity contribution >= 4 is 27.7 Å². The topological polar surface area (TPSA) is 92.1 Å². The number of rotatable bonds is 5. The molecule has 0 spiro atoms. The monoisotopic (exact) mass is 424 g/mol. The molecule has 2 aromatic carbocycles. The lowest BCUT2D eigenvalue weighted by Crippen LogP contribution is -2.32. The highest BCUT2D eigenvalue weighted by atomic mass is 16.3. The van der Waals surface area contributed by atoms with E-state index in [9.17, 15) is 9.59 Å². The molecule has 0 atom stereocenters. The minimum Gasteiger partial charge on any atom is -0.463 e. The molecule has 0 bridgehead atoms. The quantitative estimate of drug-likeness (QED) is 0.452. The van der Waals surface area contributed by atoms with E-state index in [0.717, 1.165) is 5.39 Å². The van der Waals surface area contributed by atoms with Gasteiger partial charge in [-0.05, 0) is 43.3 Å². The van der Waals surface area contributed by atoms with Crippen molar-refractivity contribution in [2.75, 3.05) is 6.54 Å². The van der Waals surface area contributed by atoms with E-state index >= 15 is 0 Å². The molecule has 1 amide bonds. The van der Waals surface area contributed by atoms with Gasteiger partial charge in [-0.1, -0.05) is 30.3 Å². The highest BCUT2D eigenvalue weighted by molar-refractivity contribution is 6.07. The zero-order valence-electron chi connectivity index (χ0n) is 17.4. The van der Waals surface area contributed by atoms with Gasteiger partial charge in [0, 0.05) is 11.9 Å². The number of benzene rings is 2. The Kier molecular flexibility index (Phi) is 4.99. The number of H-pyrrole nitrogens is 1. The second kappa shape index (κ2) is 8.11. The summed E-state index contributed by atoms with van der Waals surface area (Å²) in [5, 5.41) is 1.28. The average molecular weight is 424 g/mol. The number of fused-ring (bicyclic) bond motifs is 2. The minimum absolute atomic E-state index is 0.172. The Labute approximate surface area is 183 Å². The van der Waals surface area contributed by atoms with Crippen LogP contribution in [0.2, 0.25) is 0 Å². The number of amides is 1. The van der Waals surface area contributed by atoms with E-state index in [1.54, 1.807) is 41.5 Å². The van der Waals surface area contributed by atoms with Gasteiger partial charge in [0.25, 0.3) is 11.5 Å². The summed E-state index contributed by atoms with van der Waals surface area (Å²) in [6.45, 7) is 2.53. The number of carbonyl (C=O) groups excluding carboxylic acids is 1. The normalized spacial score (nSPS) is 11.2. The molecule has 7 heteroatoms. The van der Waals surface area contributed by atoms with Crippen LogP contribution in [-0.2, 0) is 6.54 Å². The number of carbonyl (C=O) groups is 1. The zero-order chi connectivity index (χ0) is 22.1. The highest BCUT2D eigenvalue weighted by Gasteiger charge is 2.21. The van der Waals surface area contributed by atoms with Crippen molar-refractivity contribution in [2.45, 2.75) is 13.5 Å². The molecule has 32 heavy (non-hydrogen) atoms. The maximum absolute atomic E-state index is 13.6. The van der Waals surface area contributed by atoms with Crippen LogP contribution in [0.15, 0.2) is 82.2 Å². The van der Waals surface area contributed by atoms with Crippen molar-refractivity contribution in [3.8, 4) is 11.5 Å². The summed E-state index contributed by atoms with van der Waals surface area (Å²) in [6, 6.07) is 20.0. The van der Waals surface area contributed by atoms with Gasteiger partial charge in [0.2, 0.25) is 0 Å². The highest BCUT2D eigenvalue weighted by Crippen LogP contribution is 2.26. The molecular weight excluding hydrogens is 404 g/mol. The summed E-state index contributed by atoms with van der Waals surface area (Å²) < 4.78 is 5.50. The Morgan fingerprint density at radius 1 is 0.969 bits per heavy atom. The van der Waals surface area contributed by atoms with E-state index in [-0.39, 0.29) is 18.0 Å². The van der Waals surface area contributed by atoms with Crippen LogP contribution in [0.3, 0.4) is 0 Å². The van der Waals surface area contributed by atoms with E-state index in [2.05, 4.69) is 15.0 Å². The summed E-state index contributed by atoms with van der Waals surface area (Å²) in [4.78, 5) is 39.7. The van der Waals surface area contributed by atoms with Gasteiger partial charge in [-0.25, -0.2) is 9.97 Å². The Hall–Kier alpha value is -4.26. The molecule has 0 saturated carbocycles. The molecule has 0 unspecified atom stereocenters. The molecule has 0 radical (unpaired) electrons. The van der Waals surface area contributed by atoms with Crippen LogP contribution in [0.5, 0.6) is 0 Å². The van der Waals surface area contributed by atoms with Gasteiger partial charge >= 0.3 is 0 Å². The van der Waals surface area contributed by atoms with E-state index in [4.69, 9.17) is 4.42 Å². The lowest BCUT2D eigenvalue weighted by molar-refractivity contribution is 0.0750. The fourth-order valence-electron chi connectivity index (χ4n) is 3.79. The van der Waals surface area contributed by atoms with Crippen molar-refractivity contribution in [3.63, 3.8) is 0 Å². The van der Waals surface area contributed by atoms with Crippen LogP contribution in [-0.4, -0.2) is 32.3 Å². The average Bonchev–Trinajstić information content (AvgIpc) is 3.36. The molecule has 0 saturated heterocycles. The molecule has 3 heterocycles. The van der Waals surface area contributed by atoms with Gasteiger partial charge < -0.3 is 14.3 Å². The Morgan fingerprint density at radius 3 is 2.41 bits per heavy atom. The molecule has 3 aromatic heterocycles. The number of pyridine rings is 1. The minimum atomic E-state index is -0.219. The molecule has 0 aliphatic rings. The number of para-hydroxylation sites is 2. The maximum Gasteiger partial charge on any atom is 0.258 e. The van der Waals surface area contributed by atoms with E-state index in [1.807, 2.05) is 43.3 Å². The molecule has 5 rings (SSSR count). The third-order valence-corrected chi connectivity index (χ3v) is 5.39. The Balaban J connectivity index is 1.56. The zero-order valence-corrected chi connectivity index (χ0v) is 17.4. The lowest BCUT2D eigenvalue weighted by atomic mass is 10.1. The van der Waals surface area contributed by atoms with Gasteiger partial charge in [-0.15, -0.1) is 0 Å². The second-order valence-corrected chi connectivity index (χ2v) is 7.40. The standard InChI is InChI=1S/C25H20N4O3/c1-2-29(15-23-27-20-11-6-4-9-17(20)24(30)28-23)25(31)18-14-21(22-12-7-13-32-22)26-19-10-5-3-8-16(18)19/h3-14H,2,15H2,1H3,(H,27,28,30). The van der Waals surface area contributed by atoms with Crippen LogP contribution < -0.4 is 5.56 Å². The molecule has 1 N–H and O–H groups in total. The molecule has 0 aliphatic heterocycles. The van der Waals surface area contributed by atoms with Crippen LogP contribution in [0.4, 0.5) is 0 Å². The smallest absolute Gasteiger partial charge is 0.258 e. The van der Waals surface area contributed by atoms with Crippen molar-refractivity contribution in [1.82, 2.24) is 19.9 Å². The third-order valence-electron chi connectivity index (χ3n) is 5.39. The Bertz CT molecular complexity index is 1490. The fourth-order valence-corrected chi connectivity index (χ4v) is 3.79. The predicted octanol–water partition coefficient (Wildman–Crippen LogP) is 4.39. The first kappa shape index (κ1) is 19.7. The van der Waals surface area contributed by atoms with Crippen LogP contribution in [0.25, 0.3) is 33.3 Å². The number of aromatic nitrogens is 3. The maximum atomic E-state index is 13.6. The first-order valence-electron chi connectivity index (χ1n) is 10.3. The second-order valence-electron chi connectivity index (χ2n) is 7.40. The summed E-state index contributed by atoms with van der Waals surface area (Å²) in [7, 11) is 0. The van der Waals surface area contributed by atoms with Gasteiger partial charge in [0.1, 0.15) is 11.5 Å². The summed E-state index contributed by atoms with van der Waals surface area (Å²) in [5.74, 6) is 0.858. The summed E-state index contributed by atoms with van der Waals surface area (Å²) >= 11 is 0. The molecule has 0 fully saturated rings. The SMILES string of the molecule is CCN(Cc1nc2ccccc2c(=O)[nH]1)C(=O)c1cc(-c2ccco2)nc2ccccc12. The van der Waals surface area contributed by atoms with Crippen molar-refractivity contribution in [1.29, 1.82) is 0 Å². The number of furan rings is 1. The molecule has 158 valence electrons. The summed E-state index contributed by atoms with van der Waals surface area (Å²) in [5.41, 5.74) is 2.20. The Morgan fingerprint density at radius 2 is 1.69 bits per heavy atom. The number of aromatic amines is 1. The van der Waals surface area contributed by atoms with Crippen LogP contribution >= 0.6 is 0 Å². The van der Waals surface area contributed by atoms with Crippen molar-refractivity contribution in [2.24, 2.45) is 0 Å². The number of nitrogens with one attached hydrogen (secondary N) is 1. The van der Waals surface area contributed by atoms with Gasteiger partial charge in [-0.2, -0.15) is 0 Å². The number of hydrogen-bond acceptors (Lipinski definition) is 5.